The molecule has 8 aromatic carbocycles. The second-order valence-corrected chi connectivity index (χ2v) is 14.3. The molecule has 4 heteroatoms. The number of hydrogen-bond acceptors (Lipinski definition) is 2. The Kier molecular flexibility index (Phi) is 7.46. The molecule has 56 heavy (non-hydrogen) atoms. The summed E-state index contributed by atoms with van der Waals surface area (Å²) >= 11 is 0. The first-order valence-corrected chi connectivity index (χ1v) is 19.0. The second-order valence-electron chi connectivity index (χ2n) is 14.3. The highest BCUT2D eigenvalue weighted by Crippen LogP contribution is 2.36. The van der Waals surface area contributed by atoms with Gasteiger partial charge in [0.15, 0.2) is 0 Å². The van der Waals surface area contributed by atoms with Gasteiger partial charge in [-0.05, 0) is 89.0 Å². The summed E-state index contributed by atoms with van der Waals surface area (Å²) in [5, 5.41) is 5.05. The van der Waals surface area contributed by atoms with Crippen LogP contribution in [0.3, 0.4) is 0 Å². The van der Waals surface area contributed by atoms with Gasteiger partial charge in [0.25, 0.3) is 0 Å². The third-order valence-corrected chi connectivity index (χ3v) is 11.0. The highest BCUT2D eigenvalue weighted by molar-refractivity contribution is 6.10. The molecule has 0 saturated carbocycles. The van der Waals surface area contributed by atoms with Crippen molar-refractivity contribution in [3.05, 3.63) is 207 Å². The Morgan fingerprint density at radius 1 is 0.268 bits per heavy atom. The first kappa shape index (κ1) is 31.9. The van der Waals surface area contributed by atoms with E-state index in [0.29, 0.717) is 0 Å². The molecule has 0 spiro atoms. The Bertz CT molecular complexity index is 3150. The average molecular weight is 715 g/mol. The molecule has 11 aromatic rings. The van der Waals surface area contributed by atoms with Crippen LogP contribution in [0.25, 0.3) is 99.8 Å². The molecule has 3 heterocycles. The van der Waals surface area contributed by atoms with E-state index in [1.165, 1.54) is 43.6 Å². The van der Waals surface area contributed by atoms with Gasteiger partial charge in [-0.1, -0.05) is 133 Å². The second kappa shape index (κ2) is 13.1. The molecule has 0 N–H and O–H groups in total. The molecule has 0 aliphatic carbocycles. The zero-order chi connectivity index (χ0) is 37.0. The van der Waals surface area contributed by atoms with Crippen molar-refractivity contribution in [1.29, 1.82) is 0 Å². The molecule has 0 amide bonds. The number of para-hydroxylation sites is 4. The van der Waals surface area contributed by atoms with Gasteiger partial charge in [-0.15, -0.1) is 0 Å². The average Bonchev–Trinajstić information content (AvgIpc) is 3.80. The maximum absolute atomic E-state index is 4.74. The molecule has 0 fully saturated rings. The summed E-state index contributed by atoms with van der Waals surface area (Å²) in [6, 6.07) is 71.5. The summed E-state index contributed by atoms with van der Waals surface area (Å²) in [7, 11) is 0. The van der Waals surface area contributed by atoms with Gasteiger partial charge in [0.05, 0.1) is 33.5 Å². The minimum atomic E-state index is 0.885. The largest absolute Gasteiger partial charge is 0.309 e. The van der Waals surface area contributed by atoms with Gasteiger partial charge >= 0.3 is 0 Å². The summed E-state index contributed by atoms with van der Waals surface area (Å²) in [5.74, 6) is 0. The maximum Gasteiger partial charge on any atom is 0.116 e. The molecule has 11 rings (SSSR count). The monoisotopic (exact) mass is 714 g/mol. The number of aromatic nitrogens is 4. The van der Waals surface area contributed by atoms with Gasteiger partial charge in [0.2, 0.25) is 0 Å². The number of hydrogen-bond donors (Lipinski definition) is 0. The first-order valence-electron chi connectivity index (χ1n) is 19.0. The minimum absolute atomic E-state index is 0.885. The van der Waals surface area contributed by atoms with Gasteiger partial charge in [-0.3, -0.25) is 0 Å². The molecule has 0 atom stereocenters. The Hall–Kier alpha value is -7.56. The van der Waals surface area contributed by atoms with E-state index in [-0.39, 0.29) is 0 Å². The van der Waals surface area contributed by atoms with E-state index >= 15 is 0 Å². The zero-order valence-corrected chi connectivity index (χ0v) is 30.4. The molecule has 0 aliphatic heterocycles. The van der Waals surface area contributed by atoms with Gasteiger partial charge < -0.3 is 9.13 Å². The van der Waals surface area contributed by atoms with E-state index in [4.69, 9.17) is 9.97 Å². The lowest BCUT2D eigenvalue weighted by Crippen LogP contribution is -1.94. The van der Waals surface area contributed by atoms with Crippen molar-refractivity contribution in [2.75, 3.05) is 0 Å². The third kappa shape index (κ3) is 5.31. The normalized spacial score (nSPS) is 11.6. The summed E-state index contributed by atoms with van der Waals surface area (Å²) in [4.78, 5) is 9.47. The lowest BCUT2D eigenvalue weighted by molar-refractivity contribution is 1.17. The number of rotatable bonds is 6. The van der Waals surface area contributed by atoms with E-state index < -0.39 is 0 Å². The molecule has 0 aliphatic rings. The smallest absolute Gasteiger partial charge is 0.116 e. The molecule has 0 radical (unpaired) electrons. The summed E-state index contributed by atoms with van der Waals surface area (Å²) < 4.78 is 4.72. The highest BCUT2D eigenvalue weighted by atomic mass is 15.0. The summed E-state index contributed by atoms with van der Waals surface area (Å²) in [6.45, 7) is 0. The van der Waals surface area contributed by atoms with E-state index in [1.807, 2.05) is 0 Å². The predicted molar refractivity (Wildman–Crippen MR) is 232 cm³/mol. The number of fused-ring (bicyclic) bond motifs is 6. The Morgan fingerprint density at radius 3 is 1.16 bits per heavy atom. The van der Waals surface area contributed by atoms with Crippen LogP contribution in [-0.2, 0) is 0 Å². The van der Waals surface area contributed by atoms with Crippen LogP contribution in [0, 0.1) is 0 Å². The fourth-order valence-electron chi connectivity index (χ4n) is 8.42. The van der Waals surface area contributed by atoms with Crippen LogP contribution < -0.4 is 0 Å². The molecule has 0 saturated heterocycles. The maximum atomic E-state index is 4.74. The lowest BCUT2D eigenvalue weighted by atomic mass is 9.99. The topological polar surface area (TPSA) is 35.6 Å². The van der Waals surface area contributed by atoms with Crippen LogP contribution in [-0.4, -0.2) is 19.1 Å². The quantitative estimate of drug-likeness (QED) is 0.172. The minimum Gasteiger partial charge on any atom is -0.309 e. The van der Waals surface area contributed by atoms with Crippen LogP contribution in [0.1, 0.15) is 0 Å². The van der Waals surface area contributed by atoms with Crippen LogP contribution >= 0.6 is 0 Å². The Labute approximate surface area is 324 Å². The van der Waals surface area contributed by atoms with Crippen molar-refractivity contribution in [3.63, 3.8) is 0 Å². The van der Waals surface area contributed by atoms with Crippen molar-refractivity contribution >= 4 is 43.6 Å². The first-order chi connectivity index (χ1) is 27.8. The summed E-state index contributed by atoms with van der Waals surface area (Å²) in [6.07, 6.45) is 1.67. The fourth-order valence-corrected chi connectivity index (χ4v) is 8.42. The Balaban J connectivity index is 0.904. The fraction of sp³-hybridized carbons (Fsp3) is 0. The van der Waals surface area contributed by atoms with Crippen molar-refractivity contribution < 1.29 is 0 Å². The molecule has 3 aromatic heterocycles. The van der Waals surface area contributed by atoms with Crippen molar-refractivity contribution in [3.8, 4) is 56.1 Å². The van der Waals surface area contributed by atoms with Crippen molar-refractivity contribution in [2.45, 2.75) is 0 Å². The predicted octanol–water partition coefficient (Wildman–Crippen LogP) is 13.3. The van der Waals surface area contributed by atoms with Gasteiger partial charge in [-0.2, -0.15) is 0 Å². The number of nitrogens with zero attached hydrogens (tertiary/aromatic N) is 4. The Morgan fingerprint density at radius 2 is 0.661 bits per heavy atom. The molecule has 0 unspecified atom stereocenters. The van der Waals surface area contributed by atoms with Crippen LogP contribution in [0.4, 0.5) is 0 Å². The molecule has 262 valence electrons. The molecular weight excluding hydrogens is 681 g/mol. The lowest BCUT2D eigenvalue weighted by Gasteiger charge is -2.12. The van der Waals surface area contributed by atoms with Crippen molar-refractivity contribution in [2.24, 2.45) is 0 Å². The molecular formula is C52H34N4. The van der Waals surface area contributed by atoms with Gasteiger partial charge in [0, 0.05) is 44.0 Å². The van der Waals surface area contributed by atoms with E-state index in [0.717, 1.165) is 56.1 Å². The highest BCUT2D eigenvalue weighted by Gasteiger charge is 2.14. The zero-order valence-electron chi connectivity index (χ0n) is 30.4. The van der Waals surface area contributed by atoms with Gasteiger partial charge in [-0.25, -0.2) is 9.97 Å². The van der Waals surface area contributed by atoms with Crippen LogP contribution in [0.5, 0.6) is 0 Å². The number of benzene rings is 8. The van der Waals surface area contributed by atoms with E-state index in [9.17, 15) is 0 Å². The van der Waals surface area contributed by atoms with Crippen LogP contribution in [0.15, 0.2) is 207 Å². The van der Waals surface area contributed by atoms with Crippen LogP contribution in [0.2, 0.25) is 0 Å². The molecule has 4 nitrogen and oxygen atoms in total. The summed E-state index contributed by atoms with van der Waals surface area (Å²) in [5.41, 5.74) is 15.5. The van der Waals surface area contributed by atoms with Crippen molar-refractivity contribution in [1.82, 2.24) is 19.1 Å². The van der Waals surface area contributed by atoms with E-state index in [1.54, 1.807) is 6.33 Å². The third-order valence-electron chi connectivity index (χ3n) is 11.0. The van der Waals surface area contributed by atoms with Gasteiger partial charge in [0.1, 0.15) is 6.33 Å². The molecule has 0 bridgehead atoms. The SMILES string of the molecule is c1cc(-c2ccc(-n3c4ccccc4c4ccccc43)cc2)cc(-c2cc(-c3cccc(-c4cccc(-n5c6ccccc6c6ccccc65)c4)c3)ncn2)c1. The standard InChI is InChI=1S/C52H34N4/c1-5-22-49-43(18-1)44-19-2-6-23-50(44)55(49)41-28-26-35(27-29-41)36-12-9-15-39(30-36)47-33-48(54-34-53-47)40-16-10-13-37(31-40)38-14-11-17-42(32-38)56-51-24-7-3-20-45(51)46-21-4-8-25-52(46)56/h1-34H. The van der Waals surface area contributed by atoms with E-state index in [2.05, 4.69) is 209 Å².